The van der Waals surface area contributed by atoms with Gasteiger partial charge in [-0.15, -0.1) is 21.5 Å². The van der Waals surface area contributed by atoms with Gasteiger partial charge in [0.15, 0.2) is 11.0 Å². The van der Waals surface area contributed by atoms with Crippen LogP contribution in [0.1, 0.15) is 57.2 Å². The minimum atomic E-state index is -0.648. The highest BCUT2D eigenvalue weighted by Crippen LogP contribution is 2.40. The number of thioether (sulfide) groups is 1. The van der Waals surface area contributed by atoms with Gasteiger partial charge in [0, 0.05) is 4.88 Å². The Morgan fingerprint density at radius 2 is 1.88 bits per heavy atom. The van der Waals surface area contributed by atoms with Crippen molar-refractivity contribution in [2.24, 2.45) is 0 Å². The number of aryl methyl sites for hydroxylation is 1. The zero-order valence-corrected chi connectivity index (χ0v) is 25.4. The summed E-state index contributed by atoms with van der Waals surface area (Å²) in [7, 11) is 1.53. The van der Waals surface area contributed by atoms with E-state index in [0.717, 1.165) is 41.5 Å². The van der Waals surface area contributed by atoms with Crippen LogP contribution in [-0.4, -0.2) is 51.5 Å². The van der Waals surface area contributed by atoms with Gasteiger partial charge in [0.1, 0.15) is 16.6 Å². The van der Waals surface area contributed by atoms with Crippen LogP contribution in [0.2, 0.25) is 0 Å². The number of anilines is 1. The van der Waals surface area contributed by atoms with Crippen LogP contribution >= 0.6 is 23.1 Å². The van der Waals surface area contributed by atoms with Crippen molar-refractivity contribution in [1.29, 1.82) is 0 Å². The fourth-order valence-electron chi connectivity index (χ4n) is 4.78. The van der Waals surface area contributed by atoms with Crippen molar-refractivity contribution in [3.8, 4) is 11.4 Å². The predicted octanol–water partition coefficient (Wildman–Crippen LogP) is 5.19. The molecule has 2 heterocycles. The number of thiophene rings is 1. The van der Waals surface area contributed by atoms with E-state index in [1.54, 1.807) is 36.6 Å². The van der Waals surface area contributed by atoms with E-state index in [9.17, 15) is 18.8 Å². The second-order valence-corrected chi connectivity index (χ2v) is 12.0. The first-order valence-corrected chi connectivity index (χ1v) is 15.4. The number of hydrogen-bond acceptors (Lipinski definition) is 9. The Balaban J connectivity index is 1.39. The van der Waals surface area contributed by atoms with Gasteiger partial charge in [0.2, 0.25) is 5.91 Å². The van der Waals surface area contributed by atoms with Crippen molar-refractivity contribution in [2.75, 3.05) is 19.0 Å². The van der Waals surface area contributed by atoms with Crippen LogP contribution in [0.3, 0.4) is 0 Å². The summed E-state index contributed by atoms with van der Waals surface area (Å²) in [6, 6.07) is 12.9. The Morgan fingerprint density at radius 1 is 1.12 bits per heavy atom. The van der Waals surface area contributed by atoms with Gasteiger partial charge in [-0.1, -0.05) is 36.0 Å². The monoisotopic (exact) mass is 623 g/mol. The molecule has 10 nitrogen and oxygen atoms in total. The number of carbonyl (C=O) groups is 3. The number of esters is 1. The molecule has 2 amide bonds. The molecular formula is C30H30FN5O5S2. The van der Waals surface area contributed by atoms with Gasteiger partial charge >= 0.3 is 5.97 Å². The molecule has 0 aliphatic heterocycles. The van der Waals surface area contributed by atoms with Gasteiger partial charge in [0.25, 0.3) is 5.91 Å². The molecule has 0 bridgehead atoms. The third-order valence-electron chi connectivity index (χ3n) is 6.84. The second kappa shape index (κ2) is 13.4. The third kappa shape index (κ3) is 6.42. The first-order valence-electron chi connectivity index (χ1n) is 13.7. The van der Waals surface area contributed by atoms with E-state index in [1.165, 1.54) is 36.6 Å². The number of benzene rings is 2. The highest BCUT2D eigenvalue weighted by molar-refractivity contribution is 8.00. The van der Waals surface area contributed by atoms with Crippen molar-refractivity contribution in [1.82, 2.24) is 20.1 Å². The quantitative estimate of drug-likeness (QED) is 0.173. The van der Waals surface area contributed by atoms with Gasteiger partial charge < -0.3 is 20.1 Å². The zero-order chi connectivity index (χ0) is 30.5. The number of ether oxygens (including phenoxy) is 2. The number of methoxy groups -OCH3 is 1. The summed E-state index contributed by atoms with van der Waals surface area (Å²) < 4.78 is 26.7. The highest BCUT2D eigenvalue weighted by Gasteiger charge is 2.30. The molecule has 1 aliphatic carbocycles. The molecule has 2 aromatic heterocycles. The van der Waals surface area contributed by atoms with Crippen LogP contribution in [0.5, 0.6) is 5.75 Å². The summed E-state index contributed by atoms with van der Waals surface area (Å²) in [5.74, 6) is -1.12. The average Bonchev–Trinajstić information content (AvgIpc) is 3.71. The first-order chi connectivity index (χ1) is 20.8. The number of amides is 2. The molecule has 0 saturated heterocycles. The lowest BCUT2D eigenvalue weighted by Gasteiger charge is -2.16. The standard InChI is InChI=1S/C30H30FN5O5S2/c1-4-41-29(39)25-19-11-9-15-23(19)43-28(25)33-26(37)17(2)42-30-35-34-24(36(30)21-13-7-8-14-22(21)40-3)16-32-27(38)18-10-5-6-12-20(18)31/h5-8,10,12-14,17H,4,9,11,15-16H2,1-3H3,(H,32,38)(H,33,37)/t17-/m1/s1. The number of para-hydroxylation sites is 2. The van der Waals surface area contributed by atoms with Gasteiger partial charge in [-0.05, 0) is 62.9 Å². The van der Waals surface area contributed by atoms with Gasteiger partial charge in [-0.3, -0.25) is 14.2 Å². The van der Waals surface area contributed by atoms with Crippen molar-refractivity contribution >= 4 is 45.9 Å². The van der Waals surface area contributed by atoms with Crippen LogP contribution < -0.4 is 15.4 Å². The number of hydrogen-bond donors (Lipinski definition) is 2. The molecule has 0 radical (unpaired) electrons. The maximum Gasteiger partial charge on any atom is 0.341 e. The fourth-order valence-corrected chi connectivity index (χ4v) is 6.94. The maximum atomic E-state index is 14.2. The summed E-state index contributed by atoms with van der Waals surface area (Å²) in [6.07, 6.45) is 2.61. The van der Waals surface area contributed by atoms with Crippen LogP contribution in [0.4, 0.5) is 9.39 Å². The van der Waals surface area contributed by atoms with Gasteiger partial charge in [-0.2, -0.15) is 0 Å². The first kappa shape index (κ1) is 30.2. The smallest absolute Gasteiger partial charge is 0.341 e. The largest absolute Gasteiger partial charge is 0.495 e. The molecule has 0 saturated carbocycles. The molecule has 1 aliphatic rings. The molecule has 0 spiro atoms. The molecule has 2 N–H and O–H groups in total. The summed E-state index contributed by atoms with van der Waals surface area (Å²) in [6.45, 7) is 3.65. The number of nitrogens with zero attached hydrogens (tertiary/aromatic N) is 3. The van der Waals surface area contributed by atoms with E-state index in [-0.39, 0.29) is 24.6 Å². The van der Waals surface area contributed by atoms with Crippen LogP contribution in [0, 0.1) is 5.82 Å². The van der Waals surface area contributed by atoms with E-state index in [0.29, 0.717) is 33.0 Å². The van der Waals surface area contributed by atoms with E-state index < -0.39 is 22.9 Å². The van der Waals surface area contributed by atoms with Crippen LogP contribution in [0.25, 0.3) is 5.69 Å². The molecule has 224 valence electrons. The Hall–Kier alpha value is -4.23. The lowest BCUT2D eigenvalue weighted by molar-refractivity contribution is -0.115. The second-order valence-electron chi connectivity index (χ2n) is 9.60. The van der Waals surface area contributed by atoms with Crippen LogP contribution in [0.15, 0.2) is 53.7 Å². The SMILES string of the molecule is CCOC(=O)c1c(NC(=O)[C@@H](C)Sc2nnc(CNC(=O)c3ccccc3F)n2-c2ccccc2OC)sc2c1CCC2. The topological polar surface area (TPSA) is 124 Å². The fraction of sp³-hybridized carbons (Fsp3) is 0.300. The van der Waals surface area contributed by atoms with Crippen molar-refractivity contribution in [3.05, 3.63) is 81.7 Å². The lowest BCUT2D eigenvalue weighted by Crippen LogP contribution is -2.26. The number of fused-ring (bicyclic) bond motifs is 1. The van der Waals surface area contributed by atoms with Gasteiger partial charge in [-0.25, -0.2) is 9.18 Å². The molecular weight excluding hydrogens is 593 g/mol. The van der Waals surface area contributed by atoms with Crippen molar-refractivity contribution < 1.29 is 28.2 Å². The Kier molecular flexibility index (Phi) is 9.41. The Morgan fingerprint density at radius 3 is 2.65 bits per heavy atom. The number of carbonyl (C=O) groups excluding carboxylic acids is 3. The molecule has 43 heavy (non-hydrogen) atoms. The maximum absolute atomic E-state index is 14.2. The summed E-state index contributed by atoms with van der Waals surface area (Å²) in [5, 5.41) is 14.5. The van der Waals surface area contributed by atoms with E-state index in [2.05, 4.69) is 20.8 Å². The number of rotatable bonds is 11. The molecule has 4 aromatic rings. The number of halogens is 1. The average molecular weight is 624 g/mol. The van der Waals surface area contributed by atoms with E-state index >= 15 is 0 Å². The molecule has 0 unspecified atom stereocenters. The predicted molar refractivity (Wildman–Crippen MR) is 162 cm³/mol. The molecule has 0 fully saturated rings. The van der Waals surface area contributed by atoms with Crippen molar-refractivity contribution in [3.63, 3.8) is 0 Å². The highest BCUT2D eigenvalue weighted by atomic mass is 32.2. The van der Waals surface area contributed by atoms with Crippen LogP contribution in [-0.2, 0) is 28.9 Å². The minimum absolute atomic E-state index is 0.0665. The lowest BCUT2D eigenvalue weighted by atomic mass is 10.1. The molecule has 1 atom stereocenters. The molecule has 5 rings (SSSR count). The Bertz CT molecular complexity index is 1670. The minimum Gasteiger partial charge on any atom is -0.495 e. The summed E-state index contributed by atoms with van der Waals surface area (Å²) >= 11 is 2.57. The van der Waals surface area contributed by atoms with E-state index in [1.807, 2.05) is 12.1 Å². The zero-order valence-electron chi connectivity index (χ0n) is 23.8. The number of nitrogens with one attached hydrogen (secondary N) is 2. The van der Waals surface area contributed by atoms with E-state index in [4.69, 9.17) is 9.47 Å². The normalized spacial score (nSPS) is 12.8. The Labute approximate surface area is 256 Å². The summed E-state index contributed by atoms with van der Waals surface area (Å²) in [5.41, 5.74) is 1.90. The molecule has 2 aromatic carbocycles. The van der Waals surface area contributed by atoms with Gasteiger partial charge in [0.05, 0.1) is 42.3 Å². The third-order valence-corrected chi connectivity index (χ3v) is 9.09. The summed E-state index contributed by atoms with van der Waals surface area (Å²) in [4.78, 5) is 40.0. The molecule has 13 heteroatoms. The van der Waals surface area contributed by atoms with Crippen molar-refractivity contribution in [2.45, 2.75) is 50.1 Å². The number of aromatic nitrogens is 3.